The van der Waals surface area contributed by atoms with Crippen LogP contribution in [0, 0.1) is 0 Å². The summed E-state index contributed by atoms with van der Waals surface area (Å²) >= 11 is 5.30. The van der Waals surface area contributed by atoms with Crippen molar-refractivity contribution in [1.29, 1.82) is 0 Å². The van der Waals surface area contributed by atoms with Crippen molar-refractivity contribution in [2.45, 2.75) is 18.3 Å². The molecule has 2 N–H and O–H groups in total. The minimum Gasteiger partial charge on any atom is -0.384 e. The van der Waals surface area contributed by atoms with Crippen molar-refractivity contribution in [2.75, 3.05) is 5.88 Å². The van der Waals surface area contributed by atoms with E-state index in [1.165, 1.54) is 0 Å². The molecule has 0 amide bonds. The van der Waals surface area contributed by atoms with Gasteiger partial charge in [-0.25, -0.2) is 4.79 Å². The number of hydrogen-bond donors (Lipinski definition) is 1. The highest BCUT2D eigenvalue weighted by Gasteiger charge is 2.48. The van der Waals surface area contributed by atoms with Gasteiger partial charge in [0.1, 0.15) is 5.88 Å². The Morgan fingerprint density at radius 1 is 1.41 bits per heavy atom. The second-order valence-electron chi connectivity index (χ2n) is 4.02. The maximum atomic E-state index is 10.9. The molecule has 1 aromatic rings. The number of oxime groups is 1. The summed E-state index contributed by atoms with van der Waals surface area (Å²) in [5, 5.41) is 3.67. The van der Waals surface area contributed by atoms with Gasteiger partial charge >= 0.3 is 5.97 Å². The van der Waals surface area contributed by atoms with E-state index in [1.54, 1.807) is 0 Å². The molecule has 2 rings (SSSR count). The van der Waals surface area contributed by atoms with Crippen molar-refractivity contribution in [2.24, 2.45) is 10.9 Å². The van der Waals surface area contributed by atoms with Gasteiger partial charge in [-0.2, -0.15) is 0 Å². The highest BCUT2D eigenvalue weighted by Crippen LogP contribution is 2.48. The smallest absolute Gasteiger partial charge is 0.349 e. The number of hydrogen-bond acceptors (Lipinski definition) is 3. The van der Waals surface area contributed by atoms with Crippen LogP contribution in [-0.4, -0.2) is 17.7 Å². The molecular formula is C12H13ClN2O2. The number of carbonyl (C=O) groups excluding carboxylic acids is 1. The number of rotatable bonds is 4. The van der Waals surface area contributed by atoms with Gasteiger partial charge in [0.15, 0.2) is 5.84 Å². The molecular weight excluding hydrogens is 240 g/mol. The van der Waals surface area contributed by atoms with E-state index in [9.17, 15) is 4.79 Å². The molecule has 0 spiro atoms. The monoisotopic (exact) mass is 252 g/mol. The summed E-state index contributed by atoms with van der Waals surface area (Å²) in [7, 11) is 0. The highest BCUT2D eigenvalue weighted by molar-refractivity contribution is 6.26. The fourth-order valence-corrected chi connectivity index (χ4v) is 1.84. The Bertz CT molecular complexity index is 441. The fraction of sp³-hybridized carbons (Fsp3) is 0.333. The lowest BCUT2D eigenvalue weighted by Crippen LogP contribution is -2.29. The number of alkyl halides is 1. The van der Waals surface area contributed by atoms with Gasteiger partial charge in [0.05, 0.1) is 5.41 Å². The summed E-state index contributed by atoms with van der Waals surface area (Å²) in [6.07, 6.45) is 1.84. The summed E-state index contributed by atoms with van der Waals surface area (Å²) in [6.45, 7) is 0. The first-order chi connectivity index (χ1) is 8.19. The summed E-state index contributed by atoms with van der Waals surface area (Å²) in [5.74, 6) is -0.490. The molecule has 1 aliphatic carbocycles. The van der Waals surface area contributed by atoms with Crippen molar-refractivity contribution in [3.63, 3.8) is 0 Å². The average molecular weight is 253 g/mol. The predicted octanol–water partition coefficient (Wildman–Crippen LogP) is 1.77. The van der Waals surface area contributed by atoms with Crippen LogP contribution in [0.1, 0.15) is 18.4 Å². The summed E-state index contributed by atoms with van der Waals surface area (Å²) in [5.41, 5.74) is 6.72. The van der Waals surface area contributed by atoms with E-state index >= 15 is 0 Å². The molecule has 1 saturated carbocycles. The molecule has 1 aromatic carbocycles. The number of amidine groups is 1. The molecule has 17 heavy (non-hydrogen) atoms. The third-order valence-corrected chi connectivity index (χ3v) is 3.14. The average Bonchev–Trinajstić information content (AvgIpc) is 3.18. The minimum absolute atomic E-state index is 0.227. The predicted molar refractivity (Wildman–Crippen MR) is 65.8 cm³/mol. The molecule has 5 heteroatoms. The van der Waals surface area contributed by atoms with Crippen LogP contribution in [-0.2, 0) is 15.0 Å². The third-order valence-electron chi connectivity index (χ3n) is 2.92. The van der Waals surface area contributed by atoms with Crippen molar-refractivity contribution < 1.29 is 9.63 Å². The molecule has 0 aliphatic heterocycles. The topological polar surface area (TPSA) is 64.7 Å². The summed E-state index contributed by atoms with van der Waals surface area (Å²) < 4.78 is 0. The highest BCUT2D eigenvalue weighted by atomic mass is 35.5. The van der Waals surface area contributed by atoms with E-state index in [0.717, 1.165) is 18.4 Å². The van der Waals surface area contributed by atoms with Gasteiger partial charge in [-0.1, -0.05) is 35.5 Å². The van der Waals surface area contributed by atoms with Crippen molar-refractivity contribution in [3.05, 3.63) is 35.9 Å². The van der Waals surface area contributed by atoms with Gasteiger partial charge in [0.2, 0.25) is 0 Å². The van der Waals surface area contributed by atoms with E-state index in [0.29, 0.717) is 5.84 Å². The minimum atomic E-state index is -0.599. The number of carbonyl (C=O) groups is 1. The molecule has 1 fully saturated rings. The standard InChI is InChI=1S/C12H13ClN2O2/c13-8-10(16)17-15-11(14)12(6-7-12)9-4-2-1-3-5-9/h1-5H,6-8H2,(H2,14,15). The van der Waals surface area contributed by atoms with Crippen LogP contribution < -0.4 is 5.73 Å². The number of nitrogens with zero attached hydrogens (tertiary/aromatic N) is 1. The zero-order valence-corrected chi connectivity index (χ0v) is 9.98. The van der Waals surface area contributed by atoms with Gasteiger partial charge in [0.25, 0.3) is 0 Å². The molecule has 90 valence electrons. The summed E-state index contributed by atoms with van der Waals surface area (Å²) in [4.78, 5) is 15.5. The second kappa shape index (κ2) is 4.75. The normalized spacial score (nSPS) is 17.6. The Morgan fingerprint density at radius 2 is 2.06 bits per heavy atom. The van der Waals surface area contributed by atoms with Gasteiger partial charge in [-0.15, -0.1) is 11.6 Å². The molecule has 0 unspecified atom stereocenters. The summed E-state index contributed by atoms with van der Waals surface area (Å²) in [6, 6.07) is 9.85. The van der Waals surface area contributed by atoms with E-state index in [4.69, 9.17) is 17.3 Å². The maximum absolute atomic E-state index is 10.9. The van der Waals surface area contributed by atoms with Gasteiger partial charge in [-0.05, 0) is 18.4 Å². The Kier molecular flexibility index (Phi) is 3.33. The largest absolute Gasteiger partial charge is 0.384 e. The first-order valence-electron chi connectivity index (χ1n) is 5.34. The molecule has 0 atom stereocenters. The molecule has 4 nitrogen and oxygen atoms in total. The van der Waals surface area contributed by atoms with Crippen LogP contribution in [0.4, 0.5) is 0 Å². The Hall–Kier alpha value is -1.55. The van der Waals surface area contributed by atoms with Crippen LogP contribution in [0.25, 0.3) is 0 Å². The van der Waals surface area contributed by atoms with Crippen LogP contribution in [0.15, 0.2) is 35.5 Å². The third kappa shape index (κ3) is 2.42. The van der Waals surface area contributed by atoms with Crippen molar-refractivity contribution in [3.8, 4) is 0 Å². The lowest BCUT2D eigenvalue weighted by Gasteiger charge is -2.13. The number of halogens is 1. The Labute approximate surface area is 104 Å². The van der Waals surface area contributed by atoms with E-state index < -0.39 is 5.97 Å². The van der Waals surface area contributed by atoms with E-state index in [1.807, 2.05) is 30.3 Å². The van der Waals surface area contributed by atoms with Crippen molar-refractivity contribution >= 4 is 23.4 Å². The first kappa shape index (κ1) is 11.9. The molecule has 0 radical (unpaired) electrons. The van der Waals surface area contributed by atoms with Crippen LogP contribution in [0.3, 0.4) is 0 Å². The molecule has 0 aromatic heterocycles. The molecule has 0 saturated heterocycles. The van der Waals surface area contributed by atoms with E-state index in [-0.39, 0.29) is 11.3 Å². The van der Waals surface area contributed by atoms with Crippen LogP contribution >= 0.6 is 11.6 Å². The molecule has 0 heterocycles. The SMILES string of the molecule is N/C(=N\OC(=O)CCl)C1(c2ccccc2)CC1. The maximum Gasteiger partial charge on any atom is 0.349 e. The number of nitrogens with two attached hydrogens (primary N) is 1. The van der Waals surface area contributed by atoms with Crippen LogP contribution in [0.5, 0.6) is 0 Å². The van der Waals surface area contributed by atoms with Crippen LogP contribution in [0.2, 0.25) is 0 Å². The zero-order valence-electron chi connectivity index (χ0n) is 9.23. The Morgan fingerprint density at radius 3 is 2.59 bits per heavy atom. The quantitative estimate of drug-likeness (QED) is 0.292. The van der Waals surface area contributed by atoms with Crippen molar-refractivity contribution in [1.82, 2.24) is 0 Å². The number of benzene rings is 1. The van der Waals surface area contributed by atoms with E-state index in [2.05, 4.69) is 9.99 Å². The lowest BCUT2D eigenvalue weighted by atomic mass is 9.95. The molecule has 1 aliphatic rings. The van der Waals surface area contributed by atoms with Gasteiger partial charge < -0.3 is 10.6 Å². The van der Waals surface area contributed by atoms with Gasteiger partial charge in [0, 0.05) is 0 Å². The Balaban J connectivity index is 2.14. The zero-order chi connectivity index (χ0) is 12.3. The first-order valence-corrected chi connectivity index (χ1v) is 5.88. The molecule has 0 bridgehead atoms. The second-order valence-corrected chi connectivity index (χ2v) is 4.29. The van der Waals surface area contributed by atoms with Gasteiger partial charge in [-0.3, -0.25) is 0 Å². The lowest BCUT2D eigenvalue weighted by molar-refractivity contribution is -0.140. The fourth-order valence-electron chi connectivity index (χ4n) is 1.79.